The number of carbonyl (C=O) groups is 2. The zero-order valence-electron chi connectivity index (χ0n) is 14.8. The summed E-state index contributed by atoms with van der Waals surface area (Å²) < 4.78 is 32.5. The highest BCUT2D eigenvalue weighted by atomic mass is 79.9. The molecule has 1 atom stereocenters. The normalized spacial score (nSPS) is 11.6. The number of hydrogen-bond donors (Lipinski definition) is 2. The highest BCUT2D eigenvalue weighted by molar-refractivity contribution is 9.10. The van der Waals surface area contributed by atoms with Crippen LogP contribution in [0.2, 0.25) is 0 Å². The molecule has 2 rings (SSSR count). The van der Waals surface area contributed by atoms with Crippen LogP contribution in [-0.2, 0) is 16.0 Å². The van der Waals surface area contributed by atoms with Gasteiger partial charge >= 0.3 is 0 Å². The molecule has 8 heteroatoms. The number of ether oxygens (including phenoxy) is 1. The molecule has 27 heavy (non-hydrogen) atoms. The molecule has 2 aromatic carbocycles. The number of likely N-dealkylation sites (N-methyl/N-ethyl adjacent to an activating group) is 1. The van der Waals surface area contributed by atoms with Crippen molar-refractivity contribution in [3.8, 4) is 5.75 Å². The Kier molecular flexibility index (Phi) is 7.29. The van der Waals surface area contributed by atoms with Crippen molar-refractivity contribution < 1.29 is 23.1 Å². The monoisotopic (exact) mass is 440 g/mol. The maximum Gasteiger partial charge on any atom is 0.246 e. The lowest BCUT2D eigenvalue weighted by Gasteiger charge is -2.18. The smallest absolute Gasteiger partial charge is 0.246 e. The highest BCUT2D eigenvalue weighted by Crippen LogP contribution is 2.26. The first-order chi connectivity index (χ1) is 12.8. The van der Waals surface area contributed by atoms with E-state index in [1.54, 1.807) is 13.2 Å². The van der Waals surface area contributed by atoms with Crippen LogP contribution in [0.25, 0.3) is 0 Å². The number of amides is 2. The van der Waals surface area contributed by atoms with Gasteiger partial charge in [-0.3, -0.25) is 9.59 Å². The van der Waals surface area contributed by atoms with Gasteiger partial charge in [0, 0.05) is 13.5 Å². The second-order valence-corrected chi connectivity index (χ2v) is 6.61. The predicted octanol–water partition coefficient (Wildman–Crippen LogP) is 3.27. The van der Waals surface area contributed by atoms with Gasteiger partial charge in [-0.25, -0.2) is 8.78 Å². The maximum atomic E-state index is 13.5. The van der Waals surface area contributed by atoms with Gasteiger partial charge in [0.05, 0.1) is 11.6 Å². The third-order valence-electron chi connectivity index (χ3n) is 3.95. The van der Waals surface area contributed by atoms with Crippen LogP contribution < -0.4 is 15.4 Å². The van der Waals surface area contributed by atoms with Gasteiger partial charge in [0.25, 0.3) is 0 Å². The molecule has 0 radical (unpaired) electrons. The van der Waals surface area contributed by atoms with E-state index in [2.05, 4.69) is 26.6 Å². The third kappa shape index (κ3) is 5.50. The fraction of sp³-hybridized carbons (Fsp3) is 0.263. The Hall–Kier alpha value is -2.48. The molecule has 0 fully saturated rings. The van der Waals surface area contributed by atoms with Crippen molar-refractivity contribution in [1.29, 1.82) is 0 Å². The number of rotatable bonds is 7. The Morgan fingerprint density at radius 3 is 2.48 bits per heavy atom. The fourth-order valence-corrected chi connectivity index (χ4v) is 3.08. The van der Waals surface area contributed by atoms with Gasteiger partial charge in [-0.2, -0.15) is 0 Å². The third-order valence-corrected chi connectivity index (χ3v) is 4.57. The first-order valence-electron chi connectivity index (χ1n) is 8.14. The van der Waals surface area contributed by atoms with E-state index in [1.807, 2.05) is 12.1 Å². The second-order valence-electron chi connectivity index (χ2n) is 5.76. The summed E-state index contributed by atoms with van der Waals surface area (Å²) >= 11 is 3.38. The minimum Gasteiger partial charge on any atom is -0.496 e. The predicted molar refractivity (Wildman–Crippen MR) is 100 cm³/mol. The number of halogens is 3. The average molecular weight is 441 g/mol. The Balaban J connectivity index is 2.06. The van der Waals surface area contributed by atoms with Gasteiger partial charge in [-0.15, -0.1) is 0 Å². The van der Waals surface area contributed by atoms with Crippen molar-refractivity contribution in [2.24, 2.45) is 0 Å². The number of carbonyl (C=O) groups excluding carboxylic acids is 2. The molecule has 5 nitrogen and oxygen atoms in total. The van der Waals surface area contributed by atoms with E-state index in [4.69, 9.17) is 4.74 Å². The van der Waals surface area contributed by atoms with Crippen molar-refractivity contribution in [3.05, 3.63) is 63.6 Å². The first-order valence-corrected chi connectivity index (χ1v) is 8.93. The van der Waals surface area contributed by atoms with Crippen LogP contribution in [0.1, 0.15) is 23.6 Å². The molecule has 0 bridgehead atoms. The molecule has 2 N–H and O–H groups in total. The molecule has 144 valence electrons. The van der Waals surface area contributed by atoms with Gasteiger partial charge in [0.1, 0.15) is 11.8 Å². The number of nitrogens with one attached hydrogen (secondary N) is 2. The fourth-order valence-electron chi connectivity index (χ4n) is 2.49. The zero-order chi connectivity index (χ0) is 20.0. The van der Waals surface area contributed by atoms with Gasteiger partial charge in [0.15, 0.2) is 11.6 Å². The minimum atomic E-state index is -1.11. The Labute approximate surface area is 164 Å². The first kappa shape index (κ1) is 20.8. The summed E-state index contributed by atoms with van der Waals surface area (Å²) in [4.78, 5) is 24.4. The standard InChI is InChI=1S/C19H19BrF2N2O3/c1-23-19(26)18(12-5-6-14(21)15(22)10-12)24-17(25)8-4-11-3-7-16(27-2)13(20)9-11/h3,5-7,9-10,18H,4,8H2,1-2H3,(H,23,26)(H,24,25). The molecule has 0 saturated heterocycles. The Morgan fingerprint density at radius 2 is 1.89 bits per heavy atom. The van der Waals surface area contributed by atoms with Gasteiger partial charge in [0.2, 0.25) is 11.8 Å². The van der Waals surface area contributed by atoms with Crippen molar-refractivity contribution in [2.75, 3.05) is 14.2 Å². The molecule has 0 aliphatic rings. The van der Waals surface area contributed by atoms with Crippen LogP contribution in [0.4, 0.5) is 8.78 Å². The molecule has 1 unspecified atom stereocenters. The summed E-state index contributed by atoms with van der Waals surface area (Å²) in [5.41, 5.74) is 1.07. The summed E-state index contributed by atoms with van der Waals surface area (Å²) in [6.07, 6.45) is 0.558. The molecular weight excluding hydrogens is 422 g/mol. The van der Waals surface area contributed by atoms with E-state index in [9.17, 15) is 18.4 Å². The molecule has 0 heterocycles. The van der Waals surface area contributed by atoms with Gasteiger partial charge < -0.3 is 15.4 Å². The highest BCUT2D eigenvalue weighted by Gasteiger charge is 2.23. The van der Waals surface area contributed by atoms with E-state index < -0.39 is 23.6 Å². The van der Waals surface area contributed by atoms with Crippen molar-refractivity contribution in [3.63, 3.8) is 0 Å². The number of aryl methyl sites for hydroxylation is 1. The lowest BCUT2D eigenvalue weighted by Crippen LogP contribution is -2.39. The van der Waals surface area contributed by atoms with Gasteiger partial charge in [-0.1, -0.05) is 12.1 Å². The van der Waals surface area contributed by atoms with Crippen LogP contribution in [0.3, 0.4) is 0 Å². The molecule has 0 aliphatic heterocycles. The van der Waals surface area contributed by atoms with E-state index in [1.165, 1.54) is 13.1 Å². The van der Waals surface area contributed by atoms with E-state index >= 15 is 0 Å². The van der Waals surface area contributed by atoms with Gasteiger partial charge in [-0.05, 0) is 57.7 Å². The molecule has 0 aliphatic carbocycles. The lowest BCUT2D eigenvalue weighted by molar-refractivity contribution is -0.128. The largest absolute Gasteiger partial charge is 0.496 e. The van der Waals surface area contributed by atoms with E-state index in [0.717, 1.165) is 22.2 Å². The van der Waals surface area contributed by atoms with Crippen LogP contribution in [0, 0.1) is 11.6 Å². The summed E-state index contributed by atoms with van der Waals surface area (Å²) in [6, 6.07) is 7.43. The number of hydrogen-bond acceptors (Lipinski definition) is 3. The molecule has 0 aromatic heterocycles. The SMILES string of the molecule is CNC(=O)C(NC(=O)CCc1ccc(OC)c(Br)c1)c1ccc(F)c(F)c1. The zero-order valence-corrected chi connectivity index (χ0v) is 16.4. The molecule has 0 spiro atoms. The van der Waals surface area contributed by atoms with Crippen molar-refractivity contribution in [2.45, 2.75) is 18.9 Å². The topological polar surface area (TPSA) is 67.4 Å². The number of methoxy groups -OCH3 is 1. The van der Waals surface area contributed by atoms with E-state index in [-0.39, 0.29) is 17.9 Å². The van der Waals surface area contributed by atoms with Crippen LogP contribution in [0.15, 0.2) is 40.9 Å². The minimum absolute atomic E-state index is 0.121. The molecule has 0 saturated carbocycles. The van der Waals surface area contributed by atoms with E-state index in [0.29, 0.717) is 12.2 Å². The Morgan fingerprint density at radius 1 is 1.15 bits per heavy atom. The molecular formula is C19H19BrF2N2O3. The average Bonchev–Trinajstić information content (AvgIpc) is 2.66. The summed E-state index contributed by atoms with van der Waals surface area (Å²) in [6.45, 7) is 0. The summed E-state index contributed by atoms with van der Waals surface area (Å²) in [5.74, 6) is -2.34. The maximum absolute atomic E-state index is 13.5. The molecule has 2 aromatic rings. The van der Waals surface area contributed by atoms with Crippen LogP contribution >= 0.6 is 15.9 Å². The van der Waals surface area contributed by atoms with Crippen molar-refractivity contribution in [1.82, 2.24) is 10.6 Å². The van der Waals surface area contributed by atoms with Crippen molar-refractivity contribution >= 4 is 27.7 Å². The molecule has 2 amide bonds. The lowest BCUT2D eigenvalue weighted by atomic mass is 10.0. The summed E-state index contributed by atoms with van der Waals surface area (Å²) in [7, 11) is 2.96. The Bertz CT molecular complexity index is 846. The quantitative estimate of drug-likeness (QED) is 0.694. The summed E-state index contributed by atoms with van der Waals surface area (Å²) in [5, 5.41) is 4.97. The number of benzene rings is 2. The van der Waals surface area contributed by atoms with Crippen LogP contribution in [0.5, 0.6) is 5.75 Å². The second kappa shape index (κ2) is 9.45. The van der Waals surface area contributed by atoms with Crippen LogP contribution in [-0.4, -0.2) is 26.0 Å².